The minimum absolute atomic E-state index is 0.247. The average Bonchev–Trinajstić information content (AvgIpc) is 3.42. The maximum atomic E-state index is 12.3. The highest BCUT2D eigenvalue weighted by Crippen LogP contribution is 2.49. The third-order valence-electron chi connectivity index (χ3n) is 4.43. The lowest BCUT2D eigenvalue weighted by molar-refractivity contribution is -0.151. The van der Waals surface area contributed by atoms with Crippen LogP contribution in [0.3, 0.4) is 0 Å². The number of hydrogen-bond donors (Lipinski definition) is 1. The van der Waals surface area contributed by atoms with Crippen molar-refractivity contribution in [3.63, 3.8) is 0 Å². The van der Waals surface area contributed by atoms with Crippen LogP contribution in [-0.2, 0) is 26.2 Å². The lowest BCUT2D eigenvalue weighted by atomic mass is 9.96. The monoisotopic (exact) mass is 357 g/mol. The highest BCUT2D eigenvalue weighted by atomic mass is 35.5. The second kappa shape index (κ2) is 7.70. The highest BCUT2D eigenvalue weighted by molar-refractivity contribution is 6.30. The van der Waals surface area contributed by atoms with Gasteiger partial charge in [-0.25, -0.2) is 0 Å². The number of rotatable bonds is 7. The van der Waals surface area contributed by atoms with Crippen LogP contribution in [0.15, 0.2) is 54.6 Å². The van der Waals surface area contributed by atoms with Gasteiger partial charge in [-0.1, -0.05) is 54.1 Å². The highest BCUT2D eigenvalue weighted by Gasteiger charge is 2.52. The van der Waals surface area contributed by atoms with Gasteiger partial charge in [-0.15, -0.1) is 0 Å². The van der Waals surface area contributed by atoms with Crippen LogP contribution in [0.1, 0.15) is 24.0 Å². The van der Waals surface area contributed by atoms with Gasteiger partial charge in [0.05, 0.1) is 5.41 Å². The van der Waals surface area contributed by atoms with Gasteiger partial charge in [0.2, 0.25) is 0 Å². The average molecular weight is 358 g/mol. The summed E-state index contributed by atoms with van der Waals surface area (Å²) in [6, 6.07) is 17.1. The van der Waals surface area contributed by atoms with E-state index in [4.69, 9.17) is 16.3 Å². The van der Waals surface area contributed by atoms with Crippen molar-refractivity contribution in [3.05, 3.63) is 70.7 Å². The normalized spacial score (nSPS) is 14.6. The Morgan fingerprint density at radius 2 is 1.84 bits per heavy atom. The Kier molecular flexibility index (Phi) is 5.39. The molecule has 0 aliphatic heterocycles. The SMILES string of the molecule is O=C(COC(=O)C1(c2ccccc2)CC1)NCCc1cccc(Cl)c1. The van der Waals surface area contributed by atoms with Gasteiger partial charge in [0.15, 0.2) is 6.61 Å². The predicted molar refractivity (Wildman–Crippen MR) is 96.5 cm³/mol. The molecule has 130 valence electrons. The van der Waals surface area contributed by atoms with Crippen molar-refractivity contribution in [2.75, 3.05) is 13.2 Å². The summed E-state index contributed by atoms with van der Waals surface area (Å²) in [4.78, 5) is 24.2. The number of esters is 1. The second-order valence-electron chi connectivity index (χ2n) is 6.25. The van der Waals surface area contributed by atoms with Crippen molar-refractivity contribution in [1.29, 1.82) is 0 Å². The number of nitrogens with one attached hydrogen (secondary N) is 1. The zero-order valence-electron chi connectivity index (χ0n) is 13.8. The first-order chi connectivity index (χ1) is 12.1. The fourth-order valence-corrected chi connectivity index (χ4v) is 3.06. The number of ether oxygens (including phenoxy) is 1. The van der Waals surface area contributed by atoms with Crippen LogP contribution in [0.5, 0.6) is 0 Å². The summed E-state index contributed by atoms with van der Waals surface area (Å²) in [6.07, 6.45) is 2.21. The van der Waals surface area contributed by atoms with Crippen LogP contribution in [0.25, 0.3) is 0 Å². The number of carbonyl (C=O) groups excluding carboxylic acids is 2. The summed E-state index contributed by atoms with van der Waals surface area (Å²) in [7, 11) is 0. The molecule has 0 bridgehead atoms. The first-order valence-corrected chi connectivity index (χ1v) is 8.72. The van der Waals surface area contributed by atoms with Gasteiger partial charge in [-0.3, -0.25) is 9.59 Å². The molecular weight excluding hydrogens is 338 g/mol. The first-order valence-electron chi connectivity index (χ1n) is 8.34. The van der Waals surface area contributed by atoms with Gasteiger partial charge in [0.1, 0.15) is 0 Å². The van der Waals surface area contributed by atoms with Gasteiger partial charge >= 0.3 is 5.97 Å². The van der Waals surface area contributed by atoms with Crippen LogP contribution in [-0.4, -0.2) is 25.0 Å². The molecule has 4 nitrogen and oxygen atoms in total. The molecule has 0 unspecified atom stereocenters. The standard InChI is InChI=1S/C20H20ClNO3/c21-17-8-4-5-15(13-17)9-12-22-18(23)14-25-19(24)20(10-11-20)16-6-2-1-3-7-16/h1-8,13H,9-12,14H2,(H,22,23). The fraction of sp³-hybridized carbons (Fsp3) is 0.300. The second-order valence-corrected chi connectivity index (χ2v) is 6.69. The van der Waals surface area contributed by atoms with E-state index in [1.54, 1.807) is 0 Å². The van der Waals surface area contributed by atoms with E-state index >= 15 is 0 Å². The van der Waals surface area contributed by atoms with Crippen molar-refractivity contribution >= 4 is 23.5 Å². The van der Waals surface area contributed by atoms with Gasteiger partial charge in [0, 0.05) is 11.6 Å². The van der Waals surface area contributed by atoms with Crippen LogP contribution in [0.2, 0.25) is 5.02 Å². The van der Waals surface area contributed by atoms with Crippen molar-refractivity contribution in [1.82, 2.24) is 5.32 Å². The molecule has 1 N–H and O–H groups in total. The van der Waals surface area contributed by atoms with E-state index < -0.39 is 5.41 Å². The zero-order chi connectivity index (χ0) is 17.7. The lowest BCUT2D eigenvalue weighted by Gasteiger charge is -2.14. The smallest absolute Gasteiger partial charge is 0.317 e. The number of carbonyl (C=O) groups is 2. The molecule has 1 aliphatic carbocycles. The third-order valence-corrected chi connectivity index (χ3v) is 4.66. The van der Waals surface area contributed by atoms with Gasteiger partial charge in [0.25, 0.3) is 5.91 Å². The van der Waals surface area contributed by atoms with Crippen molar-refractivity contribution in [2.45, 2.75) is 24.7 Å². The lowest BCUT2D eigenvalue weighted by Crippen LogP contribution is -2.33. The van der Waals surface area contributed by atoms with E-state index in [1.165, 1.54) is 0 Å². The van der Waals surface area contributed by atoms with E-state index in [0.717, 1.165) is 24.0 Å². The quantitative estimate of drug-likeness (QED) is 0.774. The summed E-state index contributed by atoms with van der Waals surface area (Å²) >= 11 is 5.93. The summed E-state index contributed by atoms with van der Waals surface area (Å²) < 4.78 is 5.24. The molecular formula is C20H20ClNO3. The number of hydrogen-bond acceptors (Lipinski definition) is 3. The molecule has 2 aromatic carbocycles. The van der Waals surface area contributed by atoms with E-state index in [1.807, 2.05) is 54.6 Å². The molecule has 1 aliphatic rings. The number of benzene rings is 2. The summed E-state index contributed by atoms with van der Waals surface area (Å²) in [5.41, 5.74) is 1.45. The molecule has 0 radical (unpaired) electrons. The predicted octanol–water partition coefficient (Wildman–Crippen LogP) is 3.27. The number of amides is 1. The molecule has 3 rings (SSSR count). The molecule has 0 atom stereocenters. The zero-order valence-corrected chi connectivity index (χ0v) is 14.6. The Morgan fingerprint density at radius 3 is 2.52 bits per heavy atom. The fourth-order valence-electron chi connectivity index (χ4n) is 2.85. The van der Waals surface area contributed by atoms with Crippen LogP contribution >= 0.6 is 11.6 Å². The van der Waals surface area contributed by atoms with E-state index in [-0.39, 0.29) is 18.5 Å². The summed E-state index contributed by atoms with van der Waals surface area (Å²) in [5, 5.41) is 3.43. The summed E-state index contributed by atoms with van der Waals surface area (Å²) in [5.74, 6) is -0.608. The van der Waals surface area contributed by atoms with E-state index in [2.05, 4.69) is 5.32 Å². The Bertz CT molecular complexity index is 757. The molecule has 25 heavy (non-hydrogen) atoms. The van der Waals surface area contributed by atoms with E-state index in [0.29, 0.717) is 18.0 Å². The molecule has 1 saturated carbocycles. The summed E-state index contributed by atoms with van der Waals surface area (Å²) in [6.45, 7) is 0.226. The minimum atomic E-state index is -0.553. The molecule has 5 heteroatoms. The number of halogens is 1. The van der Waals surface area contributed by atoms with E-state index in [9.17, 15) is 9.59 Å². The topological polar surface area (TPSA) is 55.4 Å². The molecule has 0 saturated heterocycles. The van der Waals surface area contributed by atoms with Crippen LogP contribution in [0.4, 0.5) is 0 Å². The largest absolute Gasteiger partial charge is 0.455 e. The van der Waals surface area contributed by atoms with Crippen LogP contribution in [0, 0.1) is 0 Å². The Hall–Kier alpha value is -2.33. The molecule has 2 aromatic rings. The Labute approximate surface area is 152 Å². The molecule has 0 spiro atoms. The van der Waals surface area contributed by atoms with Crippen LogP contribution < -0.4 is 5.32 Å². The van der Waals surface area contributed by atoms with Crippen molar-refractivity contribution in [3.8, 4) is 0 Å². The molecule has 1 amide bonds. The van der Waals surface area contributed by atoms with Crippen molar-refractivity contribution < 1.29 is 14.3 Å². The van der Waals surface area contributed by atoms with Gasteiger partial charge < -0.3 is 10.1 Å². The van der Waals surface area contributed by atoms with Gasteiger partial charge in [-0.05, 0) is 42.5 Å². The Balaban J connectivity index is 1.42. The first kappa shape index (κ1) is 17.5. The maximum Gasteiger partial charge on any atom is 0.317 e. The maximum absolute atomic E-state index is 12.3. The van der Waals surface area contributed by atoms with Crippen molar-refractivity contribution in [2.24, 2.45) is 0 Å². The molecule has 1 fully saturated rings. The molecule has 0 aromatic heterocycles. The minimum Gasteiger partial charge on any atom is -0.455 e. The molecule has 0 heterocycles. The Morgan fingerprint density at radius 1 is 1.08 bits per heavy atom. The third kappa shape index (κ3) is 4.40. The van der Waals surface area contributed by atoms with Gasteiger partial charge in [-0.2, -0.15) is 0 Å².